The number of hydrogen-bond acceptors (Lipinski definition) is 6. The minimum Gasteiger partial charge on any atom is -0.389 e. The van der Waals surface area contributed by atoms with E-state index in [9.17, 15) is 0 Å². The summed E-state index contributed by atoms with van der Waals surface area (Å²) in [5.74, 6) is 0. The molecule has 1 aliphatic rings. The van der Waals surface area contributed by atoms with Crippen LogP contribution in [0.1, 0.15) is 18.4 Å². The minimum atomic E-state index is -0.0456. The molecule has 1 aromatic heterocycles. The van der Waals surface area contributed by atoms with E-state index in [4.69, 9.17) is 9.84 Å². The lowest BCUT2D eigenvalue weighted by atomic mass is 10.2. The van der Waals surface area contributed by atoms with Gasteiger partial charge >= 0.3 is 0 Å². The smallest absolute Gasteiger partial charge is 0.206 e. The third-order valence-corrected chi connectivity index (χ3v) is 3.13. The molecule has 14 heavy (non-hydrogen) atoms. The SMILES string of the molecule is C[C@H]1OCC[C@H]1Nc1nnc(CO)s1. The largest absolute Gasteiger partial charge is 0.389 e. The molecule has 2 atom stereocenters. The molecule has 2 rings (SSSR count). The van der Waals surface area contributed by atoms with E-state index in [1.54, 1.807) is 0 Å². The Kier molecular flexibility index (Phi) is 2.95. The van der Waals surface area contributed by atoms with E-state index in [-0.39, 0.29) is 12.7 Å². The van der Waals surface area contributed by atoms with Gasteiger partial charge in [-0.05, 0) is 13.3 Å². The van der Waals surface area contributed by atoms with Crippen molar-refractivity contribution in [3.05, 3.63) is 5.01 Å². The monoisotopic (exact) mass is 215 g/mol. The number of ether oxygens (including phenoxy) is 1. The zero-order valence-electron chi connectivity index (χ0n) is 7.93. The quantitative estimate of drug-likeness (QED) is 0.773. The molecule has 0 bridgehead atoms. The molecule has 6 heteroatoms. The second-order valence-electron chi connectivity index (χ2n) is 3.27. The van der Waals surface area contributed by atoms with E-state index in [0.29, 0.717) is 11.0 Å². The van der Waals surface area contributed by atoms with Gasteiger partial charge in [0.2, 0.25) is 5.13 Å². The summed E-state index contributed by atoms with van der Waals surface area (Å²) < 4.78 is 5.42. The summed E-state index contributed by atoms with van der Waals surface area (Å²) in [6.45, 7) is 2.79. The molecule has 0 radical (unpaired) electrons. The summed E-state index contributed by atoms with van der Waals surface area (Å²) in [6.07, 6.45) is 1.21. The van der Waals surface area contributed by atoms with Gasteiger partial charge in [-0.15, -0.1) is 10.2 Å². The number of aromatic nitrogens is 2. The molecule has 2 N–H and O–H groups in total. The van der Waals surface area contributed by atoms with E-state index < -0.39 is 0 Å². The Morgan fingerprint density at radius 1 is 1.64 bits per heavy atom. The van der Waals surface area contributed by atoms with Crippen molar-refractivity contribution >= 4 is 16.5 Å². The number of rotatable bonds is 3. The highest BCUT2D eigenvalue weighted by Gasteiger charge is 2.24. The van der Waals surface area contributed by atoms with Crippen LogP contribution in [-0.4, -0.2) is 34.1 Å². The highest BCUT2D eigenvalue weighted by molar-refractivity contribution is 7.15. The summed E-state index contributed by atoms with van der Waals surface area (Å²) >= 11 is 1.38. The average Bonchev–Trinajstić information content (AvgIpc) is 2.77. The van der Waals surface area contributed by atoms with Gasteiger partial charge in [0, 0.05) is 6.61 Å². The predicted molar refractivity (Wildman–Crippen MR) is 53.3 cm³/mol. The van der Waals surface area contributed by atoms with Crippen LogP contribution in [0.3, 0.4) is 0 Å². The lowest BCUT2D eigenvalue weighted by molar-refractivity contribution is 0.121. The molecule has 0 spiro atoms. The maximum absolute atomic E-state index is 8.82. The van der Waals surface area contributed by atoms with Crippen molar-refractivity contribution in [1.82, 2.24) is 10.2 Å². The number of nitrogens with zero attached hydrogens (tertiary/aromatic N) is 2. The Balaban J connectivity index is 1.96. The summed E-state index contributed by atoms with van der Waals surface area (Å²) in [7, 11) is 0. The minimum absolute atomic E-state index is 0.0456. The third kappa shape index (κ3) is 2.02. The average molecular weight is 215 g/mol. The van der Waals surface area contributed by atoms with E-state index in [2.05, 4.69) is 15.5 Å². The fourth-order valence-electron chi connectivity index (χ4n) is 1.46. The van der Waals surface area contributed by atoms with Gasteiger partial charge in [-0.1, -0.05) is 11.3 Å². The first-order valence-electron chi connectivity index (χ1n) is 4.61. The van der Waals surface area contributed by atoms with Gasteiger partial charge in [-0.25, -0.2) is 0 Å². The standard InChI is InChI=1S/C8H13N3O2S/c1-5-6(2-3-13-5)9-8-11-10-7(4-12)14-8/h5-6,12H,2-4H2,1H3,(H,9,11)/t5-,6-/m1/s1. The Morgan fingerprint density at radius 3 is 3.07 bits per heavy atom. The molecule has 2 heterocycles. The topological polar surface area (TPSA) is 67.3 Å². The second-order valence-corrected chi connectivity index (χ2v) is 4.34. The van der Waals surface area contributed by atoms with Crippen LogP contribution in [0.2, 0.25) is 0 Å². The molecule has 0 saturated carbocycles. The van der Waals surface area contributed by atoms with Gasteiger partial charge < -0.3 is 15.2 Å². The Morgan fingerprint density at radius 2 is 2.50 bits per heavy atom. The van der Waals surface area contributed by atoms with Gasteiger partial charge in [0.15, 0.2) is 0 Å². The fourth-order valence-corrected chi connectivity index (χ4v) is 2.12. The maximum Gasteiger partial charge on any atom is 0.206 e. The van der Waals surface area contributed by atoms with E-state index >= 15 is 0 Å². The van der Waals surface area contributed by atoms with Crippen molar-refractivity contribution < 1.29 is 9.84 Å². The van der Waals surface area contributed by atoms with Crippen LogP contribution in [0.4, 0.5) is 5.13 Å². The first kappa shape index (κ1) is 9.82. The Bertz CT molecular complexity index is 305. The van der Waals surface area contributed by atoms with Crippen LogP contribution in [-0.2, 0) is 11.3 Å². The van der Waals surface area contributed by atoms with Crippen LogP contribution < -0.4 is 5.32 Å². The molecule has 0 unspecified atom stereocenters. The molecule has 1 fully saturated rings. The zero-order valence-corrected chi connectivity index (χ0v) is 8.75. The van der Waals surface area contributed by atoms with Gasteiger partial charge in [-0.2, -0.15) is 0 Å². The van der Waals surface area contributed by atoms with Crippen molar-refractivity contribution in [1.29, 1.82) is 0 Å². The van der Waals surface area contributed by atoms with Crippen molar-refractivity contribution in [3.8, 4) is 0 Å². The third-order valence-electron chi connectivity index (χ3n) is 2.29. The van der Waals surface area contributed by atoms with Crippen molar-refractivity contribution in [2.45, 2.75) is 32.1 Å². The Hall–Kier alpha value is -0.720. The van der Waals surface area contributed by atoms with Crippen LogP contribution in [0.15, 0.2) is 0 Å². The van der Waals surface area contributed by atoms with Crippen LogP contribution >= 0.6 is 11.3 Å². The molecule has 0 aliphatic carbocycles. The molecule has 1 saturated heterocycles. The second kappa shape index (κ2) is 4.20. The van der Waals surface area contributed by atoms with E-state index in [1.165, 1.54) is 11.3 Å². The summed E-state index contributed by atoms with van der Waals surface area (Å²) in [5.41, 5.74) is 0. The van der Waals surface area contributed by atoms with Gasteiger partial charge in [0.25, 0.3) is 0 Å². The lowest BCUT2D eigenvalue weighted by Gasteiger charge is -2.14. The lowest BCUT2D eigenvalue weighted by Crippen LogP contribution is -2.26. The molecule has 5 nitrogen and oxygen atoms in total. The van der Waals surface area contributed by atoms with E-state index in [0.717, 1.165) is 18.2 Å². The van der Waals surface area contributed by atoms with Gasteiger partial charge in [-0.3, -0.25) is 0 Å². The summed E-state index contributed by atoms with van der Waals surface area (Å²) in [4.78, 5) is 0. The number of nitrogens with one attached hydrogen (secondary N) is 1. The molecular weight excluding hydrogens is 202 g/mol. The van der Waals surface area contributed by atoms with Crippen LogP contribution in [0.25, 0.3) is 0 Å². The maximum atomic E-state index is 8.82. The van der Waals surface area contributed by atoms with Gasteiger partial charge in [0.05, 0.1) is 18.8 Å². The highest BCUT2D eigenvalue weighted by atomic mass is 32.1. The highest BCUT2D eigenvalue weighted by Crippen LogP contribution is 2.21. The molecule has 78 valence electrons. The number of hydrogen-bond donors (Lipinski definition) is 2. The molecule has 1 aliphatic heterocycles. The van der Waals surface area contributed by atoms with Crippen molar-refractivity contribution in [2.75, 3.05) is 11.9 Å². The molecule has 0 amide bonds. The molecular formula is C8H13N3O2S. The molecule has 0 aromatic carbocycles. The van der Waals surface area contributed by atoms with Gasteiger partial charge in [0.1, 0.15) is 5.01 Å². The van der Waals surface area contributed by atoms with E-state index in [1.807, 2.05) is 6.92 Å². The zero-order chi connectivity index (χ0) is 9.97. The normalized spacial score (nSPS) is 26.7. The molecule has 1 aromatic rings. The Labute approximate surface area is 86.1 Å². The predicted octanol–water partition coefficient (Wildman–Crippen LogP) is 0.620. The van der Waals surface area contributed by atoms with Crippen LogP contribution in [0, 0.1) is 0 Å². The first-order valence-corrected chi connectivity index (χ1v) is 5.42. The van der Waals surface area contributed by atoms with Crippen LogP contribution in [0.5, 0.6) is 0 Å². The number of aliphatic hydroxyl groups is 1. The fraction of sp³-hybridized carbons (Fsp3) is 0.750. The number of anilines is 1. The number of aliphatic hydroxyl groups excluding tert-OH is 1. The van der Waals surface area contributed by atoms with Crippen molar-refractivity contribution in [3.63, 3.8) is 0 Å². The van der Waals surface area contributed by atoms with Crippen molar-refractivity contribution in [2.24, 2.45) is 0 Å². The first-order chi connectivity index (χ1) is 6.79. The summed E-state index contributed by atoms with van der Waals surface area (Å²) in [6, 6.07) is 0.314. The summed E-state index contributed by atoms with van der Waals surface area (Å²) in [5, 5.41) is 21.2.